The fraction of sp³-hybridized carbons (Fsp3) is 0.400. The molecule has 0 amide bonds. The molecule has 4 nitrogen and oxygen atoms in total. The third kappa shape index (κ3) is 2.38. The van der Waals surface area contributed by atoms with Crippen molar-refractivity contribution in [1.82, 2.24) is 0 Å². The van der Waals surface area contributed by atoms with Gasteiger partial charge >= 0.3 is 6.18 Å². The Bertz CT molecular complexity index is 416. The summed E-state index contributed by atoms with van der Waals surface area (Å²) in [6.45, 7) is 0.869. The van der Waals surface area contributed by atoms with Crippen molar-refractivity contribution >= 4 is 5.69 Å². The summed E-state index contributed by atoms with van der Waals surface area (Å²) in [7, 11) is 0.939. The zero-order valence-corrected chi connectivity index (χ0v) is 9.12. The van der Waals surface area contributed by atoms with Crippen molar-refractivity contribution in [3.63, 3.8) is 0 Å². The zero-order valence-electron chi connectivity index (χ0n) is 9.12. The molecule has 7 heteroatoms. The minimum Gasteiger partial charge on any atom is -0.364 e. The second kappa shape index (κ2) is 4.33. The Morgan fingerprint density at radius 1 is 1.24 bits per heavy atom. The molecule has 1 rings (SSSR count). The van der Waals surface area contributed by atoms with Crippen LogP contribution in [0.4, 0.5) is 18.9 Å². The molecule has 0 spiro atoms. The molecule has 94 valence electrons. The third-order valence-electron chi connectivity index (χ3n) is 2.58. The first-order chi connectivity index (χ1) is 7.72. The molecule has 0 aromatic heterocycles. The van der Waals surface area contributed by atoms with Crippen molar-refractivity contribution in [3.05, 3.63) is 39.9 Å². The molecule has 0 bridgehead atoms. The van der Waals surface area contributed by atoms with E-state index in [0.717, 1.165) is 38.3 Å². The second-order valence-electron chi connectivity index (χ2n) is 3.54. The lowest BCUT2D eigenvalue weighted by Crippen LogP contribution is -2.41. The summed E-state index contributed by atoms with van der Waals surface area (Å²) in [6.07, 6.45) is -4.60. The predicted molar refractivity (Wildman–Crippen MR) is 53.5 cm³/mol. The molecular weight excluding hydrogens is 239 g/mol. The number of hydrogen-bond acceptors (Lipinski definition) is 3. The van der Waals surface area contributed by atoms with Gasteiger partial charge in [-0.2, -0.15) is 13.2 Å². The van der Waals surface area contributed by atoms with E-state index in [4.69, 9.17) is 0 Å². The lowest BCUT2D eigenvalue weighted by Gasteiger charge is -2.30. The number of rotatable bonds is 3. The quantitative estimate of drug-likeness (QED) is 0.611. The summed E-state index contributed by atoms with van der Waals surface area (Å²) in [5.41, 5.74) is -2.92. The van der Waals surface area contributed by atoms with Gasteiger partial charge in [0.2, 0.25) is 0 Å². The van der Waals surface area contributed by atoms with E-state index in [0.29, 0.717) is 0 Å². The normalized spacial score (nSPS) is 15.4. The molecule has 0 radical (unpaired) electrons. The van der Waals surface area contributed by atoms with Crippen molar-refractivity contribution in [1.29, 1.82) is 0 Å². The van der Waals surface area contributed by atoms with Crippen LogP contribution in [-0.4, -0.2) is 18.2 Å². The Morgan fingerprint density at radius 3 is 2.00 bits per heavy atom. The zero-order chi connectivity index (χ0) is 13.3. The average Bonchev–Trinajstić information content (AvgIpc) is 2.26. The van der Waals surface area contributed by atoms with Crippen molar-refractivity contribution in [2.45, 2.75) is 18.7 Å². The molecule has 1 aromatic carbocycles. The van der Waals surface area contributed by atoms with E-state index in [-0.39, 0.29) is 11.3 Å². The van der Waals surface area contributed by atoms with Crippen molar-refractivity contribution in [2.24, 2.45) is 0 Å². The molecule has 0 N–H and O–H groups in total. The first kappa shape index (κ1) is 13.4. The topological polar surface area (TPSA) is 52.4 Å². The molecule has 0 saturated heterocycles. The van der Waals surface area contributed by atoms with E-state index in [2.05, 4.69) is 4.74 Å². The van der Waals surface area contributed by atoms with E-state index < -0.39 is 16.7 Å². The van der Waals surface area contributed by atoms with E-state index >= 15 is 0 Å². The van der Waals surface area contributed by atoms with Crippen molar-refractivity contribution in [3.8, 4) is 0 Å². The molecule has 0 aliphatic rings. The van der Waals surface area contributed by atoms with Crippen molar-refractivity contribution < 1.29 is 22.8 Å². The standard InChI is InChI=1S/C10H10F3NO3/c1-9(17-2,10(11,12)13)7-3-5-8(6-4-7)14(15)16/h3-6H,1-2H3. The molecule has 1 aromatic rings. The maximum Gasteiger partial charge on any atom is 0.421 e. The number of nitro groups is 1. The SMILES string of the molecule is COC(C)(c1ccc([N+](=O)[O-])cc1)C(F)(F)F. The summed E-state index contributed by atoms with van der Waals surface area (Å²) < 4.78 is 42.9. The second-order valence-corrected chi connectivity index (χ2v) is 3.54. The minimum atomic E-state index is -4.60. The number of nitro benzene ring substituents is 1. The number of hydrogen-bond donors (Lipinski definition) is 0. The lowest BCUT2D eigenvalue weighted by molar-refractivity contribution is -0.384. The Morgan fingerprint density at radius 2 is 1.71 bits per heavy atom. The highest BCUT2D eigenvalue weighted by Gasteiger charge is 2.53. The molecule has 1 unspecified atom stereocenters. The van der Waals surface area contributed by atoms with Crippen LogP contribution in [0.15, 0.2) is 24.3 Å². The van der Waals surface area contributed by atoms with Gasteiger partial charge in [-0.15, -0.1) is 0 Å². The highest BCUT2D eigenvalue weighted by Crippen LogP contribution is 2.41. The number of benzene rings is 1. The summed E-state index contributed by atoms with van der Waals surface area (Å²) in [6, 6.07) is 4.10. The third-order valence-corrected chi connectivity index (χ3v) is 2.58. The predicted octanol–water partition coefficient (Wildman–Crippen LogP) is 3.02. The number of alkyl halides is 3. The molecule has 0 saturated carbocycles. The van der Waals surface area contributed by atoms with E-state index in [9.17, 15) is 23.3 Å². The molecule has 1 atom stereocenters. The van der Waals surface area contributed by atoms with Gasteiger partial charge in [-0.25, -0.2) is 0 Å². The highest BCUT2D eigenvalue weighted by atomic mass is 19.4. The monoisotopic (exact) mass is 249 g/mol. The maximum absolute atomic E-state index is 12.8. The van der Waals surface area contributed by atoms with Gasteiger partial charge in [-0.1, -0.05) is 0 Å². The molecule has 0 fully saturated rings. The Hall–Kier alpha value is -1.63. The highest BCUT2D eigenvalue weighted by molar-refractivity contribution is 5.36. The van der Waals surface area contributed by atoms with Crippen LogP contribution in [0.3, 0.4) is 0 Å². The summed E-state index contributed by atoms with van der Waals surface area (Å²) in [4.78, 5) is 9.70. The molecule has 0 heterocycles. The van der Waals surface area contributed by atoms with Gasteiger partial charge < -0.3 is 4.74 Å². The number of non-ortho nitro benzene ring substituents is 1. The molecule has 0 aliphatic carbocycles. The minimum absolute atomic E-state index is 0.182. The van der Waals surface area contributed by atoms with Crippen LogP contribution in [0.2, 0.25) is 0 Å². The van der Waals surface area contributed by atoms with Crippen LogP contribution in [-0.2, 0) is 10.3 Å². The Labute approximate surface area is 95.2 Å². The fourth-order valence-corrected chi connectivity index (χ4v) is 1.30. The average molecular weight is 249 g/mol. The van der Waals surface area contributed by atoms with Gasteiger partial charge in [0.25, 0.3) is 5.69 Å². The first-order valence-corrected chi connectivity index (χ1v) is 4.59. The van der Waals surface area contributed by atoms with Gasteiger partial charge in [0, 0.05) is 19.2 Å². The van der Waals surface area contributed by atoms with Crippen LogP contribution in [0.25, 0.3) is 0 Å². The number of ether oxygens (including phenoxy) is 1. The maximum atomic E-state index is 12.8. The lowest BCUT2D eigenvalue weighted by atomic mass is 9.95. The summed E-state index contributed by atoms with van der Waals surface area (Å²) in [5, 5.41) is 10.4. The van der Waals surface area contributed by atoms with Crippen LogP contribution >= 0.6 is 0 Å². The number of halogens is 3. The van der Waals surface area contributed by atoms with Crippen LogP contribution in [0.5, 0.6) is 0 Å². The van der Waals surface area contributed by atoms with Gasteiger partial charge in [0.05, 0.1) is 4.92 Å². The van der Waals surface area contributed by atoms with E-state index in [1.807, 2.05) is 0 Å². The van der Waals surface area contributed by atoms with Crippen molar-refractivity contribution in [2.75, 3.05) is 7.11 Å². The Balaban J connectivity index is 3.19. The first-order valence-electron chi connectivity index (χ1n) is 4.59. The fourth-order valence-electron chi connectivity index (χ4n) is 1.30. The largest absolute Gasteiger partial charge is 0.421 e. The van der Waals surface area contributed by atoms with E-state index in [1.165, 1.54) is 0 Å². The molecule has 17 heavy (non-hydrogen) atoms. The van der Waals surface area contributed by atoms with Gasteiger partial charge in [-0.05, 0) is 24.6 Å². The molecular formula is C10H10F3NO3. The van der Waals surface area contributed by atoms with Gasteiger partial charge in [0.15, 0.2) is 5.60 Å². The van der Waals surface area contributed by atoms with Crippen LogP contribution in [0.1, 0.15) is 12.5 Å². The smallest absolute Gasteiger partial charge is 0.364 e. The molecule has 0 aliphatic heterocycles. The van der Waals surface area contributed by atoms with Gasteiger partial charge in [-0.3, -0.25) is 10.1 Å². The van der Waals surface area contributed by atoms with E-state index in [1.54, 1.807) is 0 Å². The Kier molecular flexibility index (Phi) is 3.42. The van der Waals surface area contributed by atoms with Crippen LogP contribution < -0.4 is 0 Å². The summed E-state index contributed by atoms with van der Waals surface area (Å²) >= 11 is 0. The number of nitrogens with zero attached hydrogens (tertiary/aromatic N) is 1. The summed E-state index contributed by atoms with van der Waals surface area (Å²) in [5.74, 6) is 0. The van der Waals surface area contributed by atoms with Crippen LogP contribution in [0, 0.1) is 10.1 Å². The van der Waals surface area contributed by atoms with Gasteiger partial charge in [0.1, 0.15) is 0 Å². The number of methoxy groups -OCH3 is 1.